The predicted octanol–water partition coefficient (Wildman–Crippen LogP) is 3.94. The second-order valence-electron chi connectivity index (χ2n) is 4.47. The van der Waals surface area contributed by atoms with Gasteiger partial charge in [0, 0.05) is 19.5 Å². The highest BCUT2D eigenvalue weighted by Gasteiger charge is 2.18. The standard InChI is InChI=1S/C13H17ClIN3S/c1-4-16-10(9-5-12(15)19-7-9)6-11-13(14)8(2)17-18(11)3/h5,7,10,16H,4,6H2,1-3H3. The molecular formula is C13H17ClIN3S. The van der Waals surface area contributed by atoms with Crippen molar-refractivity contribution in [2.24, 2.45) is 7.05 Å². The van der Waals surface area contributed by atoms with Gasteiger partial charge in [-0.1, -0.05) is 18.5 Å². The minimum atomic E-state index is 0.289. The van der Waals surface area contributed by atoms with Crippen molar-refractivity contribution >= 4 is 45.5 Å². The van der Waals surface area contributed by atoms with Crippen LogP contribution in [0.4, 0.5) is 0 Å². The minimum Gasteiger partial charge on any atom is -0.310 e. The number of thiophene rings is 1. The SMILES string of the molecule is CCNC(Cc1c(Cl)c(C)nn1C)c1csc(I)c1. The van der Waals surface area contributed by atoms with Crippen LogP contribution in [0.2, 0.25) is 5.02 Å². The van der Waals surface area contributed by atoms with Gasteiger partial charge in [-0.2, -0.15) is 5.10 Å². The van der Waals surface area contributed by atoms with Crippen LogP contribution in [0.1, 0.15) is 29.9 Å². The van der Waals surface area contributed by atoms with E-state index in [4.69, 9.17) is 11.6 Å². The van der Waals surface area contributed by atoms with Gasteiger partial charge < -0.3 is 5.32 Å². The van der Waals surface area contributed by atoms with E-state index in [9.17, 15) is 0 Å². The molecule has 2 rings (SSSR count). The van der Waals surface area contributed by atoms with Crippen molar-refractivity contribution in [1.82, 2.24) is 15.1 Å². The van der Waals surface area contributed by atoms with E-state index < -0.39 is 0 Å². The maximum Gasteiger partial charge on any atom is 0.0847 e. The van der Waals surface area contributed by atoms with Crippen LogP contribution in [-0.4, -0.2) is 16.3 Å². The van der Waals surface area contributed by atoms with Gasteiger partial charge in [-0.3, -0.25) is 4.68 Å². The molecule has 104 valence electrons. The van der Waals surface area contributed by atoms with Gasteiger partial charge >= 0.3 is 0 Å². The lowest BCUT2D eigenvalue weighted by molar-refractivity contribution is 0.530. The molecule has 0 aromatic carbocycles. The van der Waals surface area contributed by atoms with Gasteiger partial charge in [-0.05, 0) is 53.1 Å². The van der Waals surface area contributed by atoms with Crippen molar-refractivity contribution in [2.75, 3.05) is 6.54 Å². The summed E-state index contributed by atoms with van der Waals surface area (Å²) in [6.45, 7) is 5.01. The summed E-state index contributed by atoms with van der Waals surface area (Å²) in [5.74, 6) is 0. The molecule has 1 N–H and O–H groups in total. The molecule has 3 nitrogen and oxygen atoms in total. The van der Waals surface area contributed by atoms with Crippen molar-refractivity contribution < 1.29 is 0 Å². The maximum atomic E-state index is 6.34. The first-order valence-electron chi connectivity index (χ1n) is 6.18. The molecule has 1 atom stereocenters. The fourth-order valence-electron chi connectivity index (χ4n) is 2.16. The molecule has 0 aliphatic heterocycles. The van der Waals surface area contributed by atoms with Crippen LogP contribution in [0.5, 0.6) is 0 Å². The molecule has 0 aliphatic carbocycles. The maximum absolute atomic E-state index is 6.34. The zero-order valence-corrected chi connectivity index (χ0v) is 14.9. The number of likely N-dealkylation sites (N-methyl/N-ethyl adjacent to an activating group) is 1. The summed E-state index contributed by atoms with van der Waals surface area (Å²) in [5.41, 5.74) is 3.31. The number of hydrogen-bond acceptors (Lipinski definition) is 3. The van der Waals surface area contributed by atoms with Gasteiger partial charge in [-0.15, -0.1) is 11.3 Å². The monoisotopic (exact) mass is 409 g/mol. The van der Waals surface area contributed by atoms with Crippen LogP contribution in [0.15, 0.2) is 11.4 Å². The molecule has 0 saturated carbocycles. The van der Waals surface area contributed by atoms with E-state index in [2.05, 4.69) is 51.4 Å². The Hall–Kier alpha value is -0.110. The zero-order valence-electron chi connectivity index (χ0n) is 11.2. The first kappa shape index (κ1) is 15.3. The fourth-order valence-corrected chi connectivity index (χ4v) is 3.82. The van der Waals surface area contributed by atoms with Gasteiger partial charge in [0.15, 0.2) is 0 Å². The quantitative estimate of drug-likeness (QED) is 0.758. The molecule has 0 radical (unpaired) electrons. The molecule has 0 bridgehead atoms. The summed E-state index contributed by atoms with van der Waals surface area (Å²) in [6.07, 6.45) is 0.858. The smallest absolute Gasteiger partial charge is 0.0847 e. The number of aromatic nitrogens is 2. The van der Waals surface area contributed by atoms with E-state index in [0.717, 1.165) is 29.4 Å². The van der Waals surface area contributed by atoms with Gasteiger partial charge in [0.25, 0.3) is 0 Å². The Morgan fingerprint density at radius 3 is 2.79 bits per heavy atom. The minimum absolute atomic E-state index is 0.289. The molecule has 0 aliphatic rings. The highest BCUT2D eigenvalue weighted by Crippen LogP contribution is 2.28. The summed E-state index contributed by atoms with van der Waals surface area (Å²) in [4.78, 5) is 0. The second-order valence-corrected chi connectivity index (χ2v) is 7.65. The Morgan fingerprint density at radius 1 is 1.58 bits per heavy atom. The van der Waals surface area contributed by atoms with Crippen molar-refractivity contribution in [3.8, 4) is 0 Å². The Balaban J connectivity index is 2.26. The van der Waals surface area contributed by atoms with E-state index in [-0.39, 0.29) is 6.04 Å². The topological polar surface area (TPSA) is 29.9 Å². The van der Waals surface area contributed by atoms with Crippen molar-refractivity contribution in [1.29, 1.82) is 0 Å². The molecule has 0 spiro atoms. The molecule has 0 amide bonds. The summed E-state index contributed by atoms with van der Waals surface area (Å²) in [5, 5.41) is 10.9. The summed E-state index contributed by atoms with van der Waals surface area (Å²) in [7, 11) is 1.95. The molecule has 0 fully saturated rings. The Bertz CT molecular complexity index is 564. The normalized spacial score (nSPS) is 12.9. The lowest BCUT2D eigenvalue weighted by atomic mass is 10.0. The predicted molar refractivity (Wildman–Crippen MR) is 90.1 cm³/mol. The average molecular weight is 410 g/mol. The van der Waals surface area contributed by atoms with Crippen molar-refractivity contribution in [3.63, 3.8) is 0 Å². The number of nitrogens with one attached hydrogen (secondary N) is 1. The van der Waals surface area contributed by atoms with Crippen LogP contribution in [-0.2, 0) is 13.5 Å². The number of nitrogens with zero attached hydrogens (tertiary/aromatic N) is 2. The highest BCUT2D eigenvalue weighted by molar-refractivity contribution is 14.1. The van der Waals surface area contributed by atoms with Crippen molar-refractivity contribution in [2.45, 2.75) is 26.3 Å². The van der Waals surface area contributed by atoms with E-state index in [1.807, 2.05) is 18.7 Å². The lowest BCUT2D eigenvalue weighted by Crippen LogP contribution is -2.23. The Morgan fingerprint density at radius 2 is 2.32 bits per heavy atom. The van der Waals surface area contributed by atoms with Crippen LogP contribution in [0.3, 0.4) is 0 Å². The van der Waals surface area contributed by atoms with Crippen molar-refractivity contribution in [3.05, 3.63) is 36.3 Å². The molecule has 0 saturated heterocycles. The number of aryl methyl sites for hydroxylation is 2. The average Bonchev–Trinajstić information content (AvgIpc) is 2.88. The third-order valence-corrected chi connectivity index (χ3v) is 5.40. The molecule has 1 unspecified atom stereocenters. The molecule has 2 heterocycles. The number of halogens is 2. The van der Waals surface area contributed by atoms with Crippen LogP contribution in [0, 0.1) is 9.81 Å². The first-order chi connectivity index (χ1) is 9.02. The van der Waals surface area contributed by atoms with Crippen LogP contribution in [0.25, 0.3) is 0 Å². The van der Waals surface area contributed by atoms with E-state index in [1.54, 1.807) is 11.3 Å². The molecule has 6 heteroatoms. The van der Waals surface area contributed by atoms with Gasteiger partial charge in [0.05, 0.1) is 19.3 Å². The Labute approximate surface area is 136 Å². The van der Waals surface area contributed by atoms with Gasteiger partial charge in [0.1, 0.15) is 0 Å². The molecule has 19 heavy (non-hydrogen) atoms. The zero-order chi connectivity index (χ0) is 14.0. The first-order valence-corrected chi connectivity index (χ1v) is 8.51. The number of rotatable bonds is 5. The largest absolute Gasteiger partial charge is 0.310 e. The number of hydrogen-bond donors (Lipinski definition) is 1. The third kappa shape index (κ3) is 3.51. The van der Waals surface area contributed by atoms with E-state index in [1.165, 1.54) is 8.45 Å². The Kier molecular flexibility index (Phi) is 5.28. The van der Waals surface area contributed by atoms with Gasteiger partial charge in [-0.25, -0.2) is 0 Å². The van der Waals surface area contributed by atoms with Crippen LogP contribution < -0.4 is 5.32 Å². The molecule has 2 aromatic rings. The van der Waals surface area contributed by atoms with Crippen LogP contribution >= 0.6 is 45.5 Å². The third-order valence-electron chi connectivity index (χ3n) is 3.10. The van der Waals surface area contributed by atoms with E-state index >= 15 is 0 Å². The lowest BCUT2D eigenvalue weighted by Gasteiger charge is -2.17. The van der Waals surface area contributed by atoms with E-state index in [0.29, 0.717) is 0 Å². The molecule has 2 aromatic heterocycles. The summed E-state index contributed by atoms with van der Waals surface area (Å²) >= 11 is 10.5. The fraction of sp³-hybridized carbons (Fsp3) is 0.462. The highest BCUT2D eigenvalue weighted by atomic mass is 127. The molecular weight excluding hydrogens is 393 g/mol. The summed E-state index contributed by atoms with van der Waals surface area (Å²) in [6, 6.07) is 2.52. The second kappa shape index (κ2) is 6.56. The summed E-state index contributed by atoms with van der Waals surface area (Å²) < 4.78 is 3.20. The van der Waals surface area contributed by atoms with Gasteiger partial charge in [0.2, 0.25) is 0 Å².